The van der Waals surface area contributed by atoms with E-state index in [-0.39, 0.29) is 11.3 Å². The zero-order valence-corrected chi connectivity index (χ0v) is 7.11. The number of nitrogens with zero attached hydrogens (tertiary/aromatic N) is 2. The highest BCUT2D eigenvalue weighted by molar-refractivity contribution is 7.13. The van der Waals surface area contributed by atoms with E-state index in [9.17, 15) is 4.79 Å². The van der Waals surface area contributed by atoms with Crippen LogP contribution in [0.4, 0.5) is 0 Å². The summed E-state index contributed by atoms with van der Waals surface area (Å²) in [6.07, 6.45) is 2.74. The first-order chi connectivity index (χ1) is 6.29. The van der Waals surface area contributed by atoms with Gasteiger partial charge >= 0.3 is 5.97 Å². The molecule has 2 aromatic rings. The fraction of sp³-hybridized carbons (Fsp3) is 0. The van der Waals surface area contributed by atoms with Crippen LogP contribution < -0.4 is 0 Å². The molecule has 0 aliphatic heterocycles. The third kappa shape index (κ3) is 1.31. The van der Waals surface area contributed by atoms with Crippen LogP contribution in [0.3, 0.4) is 0 Å². The van der Waals surface area contributed by atoms with E-state index in [1.165, 1.54) is 17.5 Å². The lowest BCUT2D eigenvalue weighted by atomic mass is 10.3. The number of carboxylic acids is 1. The average molecular weight is 196 g/mol. The van der Waals surface area contributed by atoms with Crippen LogP contribution in [0, 0.1) is 0 Å². The highest BCUT2D eigenvalue weighted by Gasteiger charge is 2.18. The summed E-state index contributed by atoms with van der Waals surface area (Å²) in [4.78, 5) is 14.6. The molecule has 2 rings (SSSR count). The number of thiazole rings is 1. The zero-order chi connectivity index (χ0) is 9.26. The van der Waals surface area contributed by atoms with Crippen LogP contribution in [0.2, 0.25) is 0 Å². The minimum absolute atomic E-state index is 0.0370. The molecule has 6 heteroatoms. The van der Waals surface area contributed by atoms with Crippen molar-refractivity contribution in [3.8, 4) is 10.8 Å². The van der Waals surface area contributed by atoms with Crippen LogP contribution in [-0.2, 0) is 0 Å². The minimum Gasteiger partial charge on any atom is -0.477 e. The van der Waals surface area contributed by atoms with Crippen LogP contribution in [-0.4, -0.2) is 21.2 Å². The Labute approximate surface area is 76.6 Å². The van der Waals surface area contributed by atoms with Crippen molar-refractivity contribution in [2.75, 3.05) is 0 Å². The molecule has 0 aromatic carbocycles. The Morgan fingerprint density at radius 1 is 1.62 bits per heavy atom. The second-order valence-corrected chi connectivity index (χ2v) is 3.11. The Bertz CT molecular complexity index is 421. The smallest absolute Gasteiger partial charge is 0.341 e. The molecule has 0 saturated carbocycles. The van der Waals surface area contributed by atoms with Gasteiger partial charge < -0.3 is 9.63 Å². The number of hydrogen-bond acceptors (Lipinski definition) is 5. The SMILES string of the molecule is O=C(O)c1cnoc1-c1nccs1. The molecule has 2 heterocycles. The molecule has 13 heavy (non-hydrogen) atoms. The van der Waals surface area contributed by atoms with E-state index in [1.54, 1.807) is 11.6 Å². The molecule has 2 aromatic heterocycles. The maximum absolute atomic E-state index is 10.7. The molecule has 66 valence electrons. The highest BCUT2D eigenvalue weighted by Crippen LogP contribution is 2.24. The van der Waals surface area contributed by atoms with Gasteiger partial charge in [-0.1, -0.05) is 5.16 Å². The number of aromatic nitrogens is 2. The van der Waals surface area contributed by atoms with E-state index in [2.05, 4.69) is 10.1 Å². The summed E-state index contributed by atoms with van der Waals surface area (Å²) < 4.78 is 4.79. The van der Waals surface area contributed by atoms with Crippen LogP contribution >= 0.6 is 11.3 Å². The Kier molecular flexibility index (Phi) is 1.82. The number of hydrogen-bond donors (Lipinski definition) is 1. The lowest BCUT2D eigenvalue weighted by molar-refractivity contribution is 0.0697. The van der Waals surface area contributed by atoms with Crippen LogP contribution in [0.15, 0.2) is 22.3 Å². The topological polar surface area (TPSA) is 76.2 Å². The second kappa shape index (κ2) is 2.98. The van der Waals surface area contributed by atoms with Gasteiger partial charge in [0.2, 0.25) is 5.76 Å². The molecule has 0 fully saturated rings. The molecule has 0 bridgehead atoms. The van der Waals surface area contributed by atoms with E-state index in [0.717, 1.165) is 0 Å². The monoisotopic (exact) mass is 196 g/mol. The molecule has 1 N–H and O–H groups in total. The first-order valence-corrected chi connectivity index (χ1v) is 4.25. The quantitative estimate of drug-likeness (QED) is 0.787. The van der Waals surface area contributed by atoms with Crippen molar-refractivity contribution >= 4 is 17.3 Å². The fourth-order valence-electron chi connectivity index (χ4n) is 0.882. The molecule has 0 radical (unpaired) electrons. The molecule has 0 spiro atoms. The van der Waals surface area contributed by atoms with E-state index < -0.39 is 5.97 Å². The first-order valence-electron chi connectivity index (χ1n) is 3.37. The molecule has 0 unspecified atom stereocenters. The fourth-order valence-corrected chi connectivity index (χ4v) is 1.51. The third-order valence-electron chi connectivity index (χ3n) is 1.43. The van der Waals surface area contributed by atoms with E-state index >= 15 is 0 Å². The Morgan fingerprint density at radius 3 is 3.08 bits per heavy atom. The van der Waals surface area contributed by atoms with Gasteiger partial charge in [-0.2, -0.15) is 0 Å². The van der Waals surface area contributed by atoms with Crippen LogP contribution in [0.1, 0.15) is 10.4 Å². The van der Waals surface area contributed by atoms with Gasteiger partial charge in [0.05, 0.1) is 6.20 Å². The minimum atomic E-state index is -1.06. The van der Waals surface area contributed by atoms with Gasteiger partial charge in [0, 0.05) is 11.6 Å². The number of aromatic carboxylic acids is 1. The van der Waals surface area contributed by atoms with Crippen LogP contribution in [0.5, 0.6) is 0 Å². The van der Waals surface area contributed by atoms with Gasteiger partial charge in [0.25, 0.3) is 0 Å². The van der Waals surface area contributed by atoms with Gasteiger partial charge in [-0.15, -0.1) is 11.3 Å². The summed E-state index contributed by atoms with van der Waals surface area (Å²) in [5.41, 5.74) is 0.0370. The van der Waals surface area contributed by atoms with E-state index in [1.807, 2.05) is 0 Å². The molecule has 0 saturated heterocycles. The molecule has 0 amide bonds. The molecule has 0 aliphatic rings. The Hall–Kier alpha value is -1.69. The summed E-state index contributed by atoms with van der Waals surface area (Å²) in [6, 6.07) is 0. The predicted octanol–water partition coefficient (Wildman–Crippen LogP) is 1.50. The second-order valence-electron chi connectivity index (χ2n) is 2.21. The van der Waals surface area contributed by atoms with E-state index in [0.29, 0.717) is 5.01 Å². The van der Waals surface area contributed by atoms with Gasteiger partial charge in [0.15, 0.2) is 5.01 Å². The lowest BCUT2D eigenvalue weighted by Crippen LogP contribution is -1.95. The van der Waals surface area contributed by atoms with Gasteiger partial charge in [0.1, 0.15) is 5.56 Å². The lowest BCUT2D eigenvalue weighted by Gasteiger charge is -1.89. The maximum Gasteiger partial charge on any atom is 0.341 e. The van der Waals surface area contributed by atoms with Crippen molar-refractivity contribution in [1.82, 2.24) is 10.1 Å². The summed E-state index contributed by atoms with van der Waals surface area (Å²) in [6.45, 7) is 0. The zero-order valence-electron chi connectivity index (χ0n) is 6.30. The molecule has 5 nitrogen and oxygen atoms in total. The standard InChI is InChI=1S/C7H4N2O3S/c10-7(11)4-3-9-12-5(4)6-8-1-2-13-6/h1-3H,(H,10,11). The van der Waals surface area contributed by atoms with Gasteiger partial charge in [-0.05, 0) is 0 Å². The number of carbonyl (C=O) groups is 1. The largest absolute Gasteiger partial charge is 0.477 e. The molecular formula is C7H4N2O3S. The van der Waals surface area contributed by atoms with Gasteiger partial charge in [-0.3, -0.25) is 0 Å². The summed E-state index contributed by atoms with van der Waals surface area (Å²) in [5, 5.41) is 14.4. The third-order valence-corrected chi connectivity index (χ3v) is 2.20. The maximum atomic E-state index is 10.7. The number of rotatable bonds is 2. The highest BCUT2D eigenvalue weighted by atomic mass is 32.1. The predicted molar refractivity (Wildman–Crippen MR) is 44.6 cm³/mol. The molecule has 0 aliphatic carbocycles. The van der Waals surface area contributed by atoms with Crippen molar-refractivity contribution in [2.45, 2.75) is 0 Å². The van der Waals surface area contributed by atoms with Crippen molar-refractivity contribution in [1.29, 1.82) is 0 Å². The summed E-state index contributed by atoms with van der Waals surface area (Å²) >= 11 is 1.30. The Morgan fingerprint density at radius 2 is 2.46 bits per heavy atom. The number of carboxylic acid groups (broad SMARTS) is 1. The summed E-state index contributed by atoms with van der Waals surface area (Å²) in [7, 11) is 0. The van der Waals surface area contributed by atoms with Crippen LogP contribution in [0.25, 0.3) is 10.8 Å². The van der Waals surface area contributed by atoms with Gasteiger partial charge in [-0.25, -0.2) is 9.78 Å². The van der Waals surface area contributed by atoms with Crippen molar-refractivity contribution < 1.29 is 14.4 Å². The van der Waals surface area contributed by atoms with Crippen molar-refractivity contribution in [3.05, 3.63) is 23.3 Å². The van der Waals surface area contributed by atoms with Crippen molar-refractivity contribution in [3.63, 3.8) is 0 Å². The van der Waals surface area contributed by atoms with E-state index in [4.69, 9.17) is 9.63 Å². The van der Waals surface area contributed by atoms with Crippen molar-refractivity contribution in [2.24, 2.45) is 0 Å². The average Bonchev–Trinajstić information content (AvgIpc) is 2.74. The normalized spacial score (nSPS) is 10.2. The first kappa shape index (κ1) is 7.93. The Balaban J connectivity index is 2.52. The molecular weight excluding hydrogens is 192 g/mol. The summed E-state index contributed by atoms with van der Waals surface area (Å²) in [5.74, 6) is -0.853. The molecule has 0 atom stereocenters.